The Bertz CT molecular complexity index is 2230. The molecule has 0 amide bonds. The van der Waals surface area contributed by atoms with E-state index in [1.54, 1.807) is 73.1 Å². The van der Waals surface area contributed by atoms with Gasteiger partial charge in [0.25, 0.3) is 0 Å². The van der Waals surface area contributed by atoms with Gasteiger partial charge in [-0.05, 0) is 42.5 Å². The van der Waals surface area contributed by atoms with Crippen molar-refractivity contribution in [3.63, 3.8) is 0 Å². The summed E-state index contributed by atoms with van der Waals surface area (Å²) in [5, 5.41) is 7.68. The van der Waals surface area contributed by atoms with Crippen LogP contribution in [-0.2, 0) is 28.2 Å². The number of halogens is 1. The molecule has 0 bridgehead atoms. The second-order valence-corrected chi connectivity index (χ2v) is 10.5. The van der Waals surface area contributed by atoms with Gasteiger partial charge in [0, 0.05) is 57.3 Å². The molecule has 216 valence electrons. The molecule has 0 aliphatic heterocycles. The lowest BCUT2D eigenvalue weighted by Gasteiger charge is -2.15. The maximum Gasteiger partial charge on any atom is 0.328 e. The first-order valence-electron chi connectivity index (χ1n) is 13.5. The van der Waals surface area contributed by atoms with Crippen molar-refractivity contribution < 1.29 is 9.13 Å². The van der Waals surface area contributed by atoms with E-state index < -0.39 is 5.82 Å². The van der Waals surface area contributed by atoms with Crippen molar-refractivity contribution in [1.29, 1.82) is 0 Å². The number of anilines is 2. The molecule has 0 spiro atoms. The van der Waals surface area contributed by atoms with Crippen LogP contribution in [0.15, 0.2) is 78.2 Å². The van der Waals surface area contributed by atoms with Crippen LogP contribution in [0, 0.1) is 5.82 Å². The van der Waals surface area contributed by atoms with Crippen molar-refractivity contribution in [2.24, 2.45) is 28.2 Å². The second kappa shape index (κ2) is 9.72. The third-order valence-corrected chi connectivity index (χ3v) is 7.78. The van der Waals surface area contributed by atoms with Gasteiger partial charge in [-0.2, -0.15) is 5.10 Å². The third-order valence-electron chi connectivity index (χ3n) is 7.78. The summed E-state index contributed by atoms with van der Waals surface area (Å²) in [5.74, 6) is 0.909. The fourth-order valence-electron chi connectivity index (χ4n) is 5.58. The van der Waals surface area contributed by atoms with Gasteiger partial charge in [0.15, 0.2) is 5.82 Å². The molecule has 0 radical (unpaired) electrons. The molecule has 4 heterocycles. The van der Waals surface area contributed by atoms with Gasteiger partial charge in [0.1, 0.15) is 17.3 Å². The maximum absolute atomic E-state index is 15.8. The summed E-state index contributed by atoms with van der Waals surface area (Å²) in [6, 6.07) is 14.6. The fraction of sp³-hybridized carbons (Fsp3) is 0.161. The Morgan fingerprint density at radius 2 is 1.72 bits per heavy atom. The monoisotopic (exact) mass is 577 g/mol. The topological polar surface area (TPSA) is 102 Å². The number of rotatable bonds is 6. The number of aromatic nitrogens is 8. The van der Waals surface area contributed by atoms with Crippen LogP contribution in [0.4, 0.5) is 15.8 Å². The number of ether oxygens (including phenoxy) is 1. The smallest absolute Gasteiger partial charge is 0.328 e. The van der Waals surface area contributed by atoms with Gasteiger partial charge in [-0.15, -0.1) is 0 Å². The number of benzene rings is 3. The van der Waals surface area contributed by atoms with Crippen LogP contribution < -0.4 is 15.7 Å². The zero-order valence-corrected chi connectivity index (χ0v) is 24.2. The van der Waals surface area contributed by atoms with Crippen molar-refractivity contribution in [1.82, 2.24) is 38.0 Å². The van der Waals surface area contributed by atoms with E-state index in [1.807, 2.05) is 52.6 Å². The van der Waals surface area contributed by atoms with Crippen molar-refractivity contribution >= 4 is 33.4 Å². The normalized spacial score (nSPS) is 11.6. The summed E-state index contributed by atoms with van der Waals surface area (Å²) in [4.78, 5) is 22.4. The molecule has 1 N–H and O–H groups in total. The molecule has 12 heteroatoms. The van der Waals surface area contributed by atoms with E-state index in [2.05, 4.69) is 15.4 Å². The molecule has 0 saturated carbocycles. The quantitative estimate of drug-likeness (QED) is 0.302. The van der Waals surface area contributed by atoms with Crippen LogP contribution in [0.3, 0.4) is 0 Å². The number of methoxy groups -OCH3 is 1. The van der Waals surface area contributed by atoms with Crippen molar-refractivity contribution in [3.8, 4) is 34.1 Å². The molecule has 0 aliphatic carbocycles. The summed E-state index contributed by atoms with van der Waals surface area (Å²) in [6.45, 7) is 0. The summed E-state index contributed by atoms with van der Waals surface area (Å²) < 4.78 is 29.7. The van der Waals surface area contributed by atoms with Crippen LogP contribution in [0.25, 0.3) is 50.4 Å². The number of imidazole rings is 3. The number of nitrogens with zero attached hydrogens (tertiary/aromatic N) is 8. The average Bonchev–Trinajstić information content (AvgIpc) is 3.76. The minimum absolute atomic E-state index is 0.167. The van der Waals surface area contributed by atoms with Crippen LogP contribution >= 0.6 is 0 Å². The lowest BCUT2D eigenvalue weighted by atomic mass is 10.1. The molecule has 7 aromatic rings. The highest BCUT2D eigenvalue weighted by Gasteiger charge is 2.22. The maximum atomic E-state index is 15.8. The summed E-state index contributed by atoms with van der Waals surface area (Å²) in [7, 11) is 8.77. The minimum Gasteiger partial charge on any atom is -0.497 e. The fourth-order valence-corrected chi connectivity index (χ4v) is 5.58. The van der Waals surface area contributed by atoms with Gasteiger partial charge in [0.2, 0.25) is 0 Å². The van der Waals surface area contributed by atoms with Gasteiger partial charge in [-0.1, -0.05) is 0 Å². The third kappa shape index (κ3) is 4.18. The largest absolute Gasteiger partial charge is 0.497 e. The van der Waals surface area contributed by atoms with Gasteiger partial charge in [-0.3, -0.25) is 18.4 Å². The predicted molar refractivity (Wildman–Crippen MR) is 163 cm³/mol. The summed E-state index contributed by atoms with van der Waals surface area (Å²) in [5.41, 5.74) is 6.43. The molecule has 7 rings (SSSR count). The van der Waals surface area contributed by atoms with E-state index in [0.717, 1.165) is 22.6 Å². The first-order chi connectivity index (χ1) is 20.7. The van der Waals surface area contributed by atoms with E-state index in [9.17, 15) is 4.79 Å². The van der Waals surface area contributed by atoms with E-state index in [4.69, 9.17) is 9.72 Å². The Kier molecular flexibility index (Phi) is 5.94. The Morgan fingerprint density at radius 1 is 0.930 bits per heavy atom. The highest BCUT2D eigenvalue weighted by molar-refractivity contribution is 5.95. The molecule has 0 aliphatic rings. The van der Waals surface area contributed by atoms with Gasteiger partial charge < -0.3 is 14.6 Å². The zero-order valence-electron chi connectivity index (χ0n) is 24.2. The van der Waals surface area contributed by atoms with E-state index in [-0.39, 0.29) is 5.69 Å². The lowest BCUT2D eigenvalue weighted by molar-refractivity contribution is 0.415. The zero-order chi connectivity index (χ0) is 30.0. The first kappa shape index (κ1) is 26.3. The van der Waals surface area contributed by atoms with E-state index >= 15 is 4.39 Å². The Labute approximate surface area is 245 Å². The van der Waals surface area contributed by atoms with Gasteiger partial charge in [-0.25, -0.2) is 19.2 Å². The number of aryl methyl sites for hydroxylation is 4. The van der Waals surface area contributed by atoms with Crippen LogP contribution in [0.2, 0.25) is 0 Å². The van der Waals surface area contributed by atoms with E-state index in [0.29, 0.717) is 44.9 Å². The molecular formula is C31H28FN9O2. The average molecular weight is 578 g/mol. The highest BCUT2D eigenvalue weighted by atomic mass is 19.1. The van der Waals surface area contributed by atoms with Gasteiger partial charge >= 0.3 is 5.69 Å². The Balaban J connectivity index is 1.51. The first-order valence-corrected chi connectivity index (χ1v) is 13.5. The van der Waals surface area contributed by atoms with Crippen LogP contribution in [-0.4, -0.2) is 45.1 Å². The summed E-state index contributed by atoms with van der Waals surface area (Å²) >= 11 is 0. The van der Waals surface area contributed by atoms with Crippen molar-refractivity contribution in [2.75, 3.05) is 12.4 Å². The van der Waals surface area contributed by atoms with Crippen molar-refractivity contribution in [3.05, 3.63) is 89.8 Å². The minimum atomic E-state index is -0.400. The molecule has 4 aromatic heterocycles. The molecule has 43 heavy (non-hydrogen) atoms. The molecule has 0 atom stereocenters. The Morgan fingerprint density at radius 3 is 2.40 bits per heavy atom. The highest BCUT2D eigenvalue weighted by Crippen LogP contribution is 2.36. The van der Waals surface area contributed by atoms with Gasteiger partial charge in [0.05, 0.1) is 59.3 Å². The second-order valence-electron chi connectivity index (χ2n) is 10.5. The molecule has 0 unspecified atom stereocenters. The standard InChI is InChI=1S/C31H28FN9O2/c1-37-17-33-15-28(37)30-36-24-12-22(18-14-34-38(2)16-18)23(32)13-26(24)41(30)20-10-25(35-19-6-8-21(43-5)9-7-19)29-27(11-20)39(3)31(42)40(29)4/h6-17,35H,1-5H3. The molecule has 11 nitrogen and oxygen atoms in total. The van der Waals surface area contributed by atoms with Crippen LogP contribution in [0.1, 0.15) is 0 Å². The lowest BCUT2D eigenvalue weighted by Crippen LogP contribution is -2.19. The molecular weight excluding hydrogens is 549 g/mol. The SMILES string of the molecule is COc1ccc(Nc2cc(-n3c(-c4cncn4C)nc4cc(-c5cnn(C)c5)c(F)cc43)cc3c2n(C)c(=O)n3C)cc1. The number of hydrogen-bond acceptors (Lipinski definition) is 6. The number of hydrogen-bond donors (Lipinski definition) is 1. The molecule has 0 saturated heterocycles. The summed E-state index contributed by atoms with van der Waals surface area (Å²) in [6.07, 6.45) is 6.82. The molecule has 3 aromatic carbocycles. The van der Waals surface area contributed by atoms with E-state index in [1.165, 1.54) is 6.07 Å². The number of fused-ring (bicyclic) bond motifs is 2. The predicted octanol–water partition coefficient (Wildman–Crippen LogP) is 4.91. The number of nitrogens with one attached hydrogen (secondary N) is 1. The Hall–Kier alpha value is -5.65. The van der Waals surface area contributed by atoms with Crippen LogP contribution in [0.5, 0.6) is 5.75 Å². The van der Waals surface area contributed by atoms with Crippen molar-refractivity contribution in [2.45, 2.75) is 0 Å². The molecule has 0 fully saturated rings.